The molecule has 2 rings (SSSR count). The maximum Gasteiger partial charge on any atom is 0.230 e. The van der Waals surface area contributed by atoms with Crippen LogP contribution < -0.4 is 5.32 Å². The van der Waals surface area contributed by atoms with Gasteiger partial charge in [-0.05, 0) is 31.5 Å². The number of rotatable bonds is 6. The topological polar surface area (TPSA) is 59.8 Å². The highest BCUT2D eigenvalue weighted by Crippen LogP contribution is 2.18. The van der Waals surface area contributed by atoms with E-state index in [4.69, 9.17) is 11.6 Å². The molecule has 0 spiro atoms. The summed E-state index contributed by atoms with van der Waals surface area (Å²) in [5.74, 6) is 0.266. The molecule has 7 heteroatoms. The first-order valence-corrected chi connectivity index (χ1v) is 8.02. The van der Waals surface area contributed by atoms with Crippen LogP contribution in [0.1, 0.15) is 25.5 Å². The molecule has 0 saturated heterocycles. The summed E-state index contributed by atoms with van der Waals surface area (Å²) in [6.07, 6.45) is 1.66. The molecular formula is C14H17ClN4OS. The number of amides is 1. The molecule has 0 aliphatic heterocycles. The van der Waals surface area contributed by atoms with Gasteiger partial charge in [-0.2, -0.15) is 0 Å². The molecule has 1 N–H and O–H groups in total. The summed E-state index contributed by atoms with van der Waals surface area (Å²) in [5, 5.41) is 12.2. The zero-order valence-corrected chi connectivity index (χ0v) is 13.5. The van der Waals surface area contributed by atoms with Crippen LogP contribution in [-0.4, -0.2) is 26.4 Å². The summed E-state index contributed by atoms with van der Waals surface area (Å²) < 4.78 is 1.90. The Hall–Kier alpha value is -1.53. The summed E-state index contributed by atoms with van der Waals surface area (Å²) in [6, 6.07) is 7.40. The van der Waals surface area contributed by atoms with E-state index in [1.165, 1.54) is 11.8 Å². The van der Waals surface area contributed by atoms with Gasteiger partial charge in [0, 0.05) is 11.6 Å². The summed E-state index contributed by atoms with van der Waals surface area (Å²) in [7, 11) is 0. The van der Waals surface area contributed by atoms with Crippen molar-refractivity contribution in [3.05, 3.63) is 41.2 Å². The van der Waals surface area contributed by atoms with Crippen molar-refractivity contribution in [1.29, 1.82) is 0 Å². The number of aryl methyl sites for hydroxylation is 1. The Bertz CT molecular complexity index is 617. The molecule has 1 aromatic carbocycles. The number of thioether (sulfide) groups is 1. The minimum atomic E-state index is -0.0826. The molecule has 0 radical (unpaired) electrons. The van der Waals surface area contributed by atoms with Gasteiger partial charge in [-0.15, -0.1) is 10.2 Å². The van der Waals surface area contributed by atoms with Crippen LogP contribution in [-0.2, 0) is 11.3 Å². The number of aromatic nitrogens is 3. The zero-order valence-electron chi connectivity index (χ0n) is 11.9. The van der Waals surface area contributed by atoms with Crippen LogP contribution in [0.2, 0.25) is 5.02 Å². The van der Waals surface area contributed by atoms with E-state index in [9.17, 15) is 4.79 Å². The van der Waals surface area contributed by atoms with Crippen LogP contribution in [0.15, 0.2) is 35.7 Å². The molecule has 1 heterocycles. The quantitative estimate of drug-likeness (QED) is 0.830. The highest BCUT2D eigenvalue weighted by Gasteiger charge is 2.12. The summed E-state index contributed by atoms with van der Waals surface area (Å²) in [5.41, 5.74) is 0.984. The van der Waals surface area contributed by atoms with E-state index in [-0.39, 0.29) is 11.9 Å². The van der Waals surface area contributed by atoms with Gasteiger partial charge in [0.2, 0.25) is 5.91 Å². The summed E-state index contributed by atoms with van der Waals surface area (Å²) in [4.78, 5) is 12.0. The van der Waals surface area contributed by atoms with Crippen molar-refractivity contribution in [1.82, 2.24) is 20.1 Å². The van der Waals surface area contributed by atoms with Crippen LogP contribution >= 0.6 is 23.4 Å². The smallest absolute Gasteiger partial charge is 0.230 e. The lowest BCUT2D eigenvalue weighted by molar-refractivity contribution is -0.119. The third-order valence-corrected chi connectivity index (χ3v) is 4.20. The molecule has 2 aromatic rings. The van der Waals surface area contributed by atoms with Crippen molar-refractivity contribution in [3.8, 4) is 0 Å². The molecule has 0 aliphatic carbocycles. The molecule has 1 aromatic heterocycles. The third kappa shape index (κ3) is 4.47. The highest BCUT2D eigenvalue weighted by molar-refractivity contribution is 7.99. The highest BCUT2D eigenvalue weighted by atomic mass is 35.5. The first-order chi connectivity index (χ1) is 10.1. The van der Waals surface area contributed by atoms with Gasteiger partial charge >= 0.3 is 0 Å². The normalized spacial score (nSPS) is 12.1. The molecule has 1 amide bonds. The summed E-state index contributed by atoms with van der Waals surface area (Å²) in [6.45, 7) is 4.73. The maximum absolute atomic E-state index is 12.0. The molecule has 0 unspecified atom stereocenters. The molecule has 21 heavy (non-hydrogen) atoms. The van der Waals surface area contributed by atoms with Crippen molar-refractivity contribution >= 4 is 29.3 Å². The SMILES string of the molecule is CCn1cnnc1SCC(=O)N[C@H](C)c1cccc(Cl)c1. The first-order valence-electron chi connectivity index (χ1n) is 6.65. The Labute approximate surface area is 133 Å². The van der Waals surface area contributed by atoms with E-state index < -0.39 is 0 Å². The van der Waals surface area contributed by atoms with E-state index in [0.717, 1.165) is 17.3 Å². The Kier molecular flexibility index (Phi) is 5.64. The number of carbonyl (C=O) groups is 1. The molecule has 0 saturated carbocycles. The first kappa shape index (κ1) is 15.9. The monoisotopic (exact) mass is 324 g/mol. The average molecular weight is 325 g/mol. The van der Waals surface area contributed by atoms with Gasteiger partial charge in [-0.1, -0.05) is 35.5 Å². The number of halogens is 1. The average Bonchev–Trinajstić information content (AvgIpc) is 2.92. The number of nitrogens with zero attached hydrogens (tertiary/aromatic N) is 3. The fourth-order valence-corrected chi connectivity index (χ4v) is 2.83. The lowest BCUT2D eigenvalue weighted by atomic mass is 10.1. The second-order valence-electron chi connectivity index (χ2n) is 4.53. The van der Waals surface area contributed by atoms with Crippen molar-refractivity contribution in [2.24, 2.45) is 0 Å². The number of hydrogen-bond donors (Lipinski definition) is 1. The van der Waals surface area contributed by atoms with E-state index in [1.54, 1.807) is 6.33 Å². The van der Waals surface area contributed by atoms with Gasteiger partial charge in [0.25, 0.3) is 0 Å². The van der Waals surface area contributed by atoms with Crippen LogP contribution in [0, 0.1) is 0 Å². The molecule has 1 atom stereocenters. The van der Waals surface area contributed by atoms with E-state index >= 15 is 0 Å². The van der Waals surface area contributed by atoms with E-state index in [1.807, 2.05) is 42.7 Å². The Morgan fingerprint density at radius 1 is 1.52 bits per heavy atom. The summed E-state index contributed by atoms with van der Waals surface area (Å²) >= 11 is 7.33. The number of benzene rings is 1. The Balaban J connectivity index is 1.87. The zero-order chi connectivity index (χ0) is 15.2. The predicted molar refractivity (Wildman–Crippen MR) is 84.4 cm³/mol. The number of carbonyl (C=O) groups excluding carboxylic acids is 1. The minimum Gasteiger partial charge on any atom is -0.349 e. The van der Waals surface area contributed by atoms with Crippen LogP contribution in [0.4, 0.5) is 0 Å². The van der Waals surface area contributed by atoms with Gasteiger partial charge in [0.15, 0.2) is 5.16 Å². The maximum atomic E-state index is 12.0. The van der Waals surface area contributed by atoms with Gasteiger partial charge in [-0.3, -0.25) is 4.79 Å². The second kappa shape index (κ2) is 7.47. The van der Waals surface area contributed by atoms with Crippen molar-refractivity contribution < 1.29 is 4.79 Å². The molecular weight excluding hydrogens is 308 g/mol. The second-order valence-corrected chi connectivity index (χ2v) is 5.91. The van der Waals surface area contributed by atoms with Crippen LogP contribution in [0.5, 0.6) is 0 Å². The van der Waals surface area contributed by atoms with Crippen molar-refractivity contribution in [3.63, 3.8) is 0 Å². The predicted octanol–water partition coefficient (Wildman–Crippen LogP) is 2.92. The lowest BCUT2D eigenvalue weighted by Gasteiger charge is -2.14. The van der Waals surface area contributed by atoms with Gasteiger partial charge in [0.05, 0.1) is 11.8 Å². The Morgan fingerprint density at radius 2 is 2.33 bits per heavy atom. The molecule has 5 nitrogen and oxygen atoms in total. The number of nitrogens with one attached hydrogen (secondary N) is 1. The van der Waals surface area contributed by atoms with Gasteiger partial charge < -0.3 is 9.88 Å². The largest absolute Gasteiger partial charge is 0.349 e. The van der Waals surface area contributed by atoms with Gasteiger partial charge in [0.1, 0.15) is 6.33 Å². The van der Waals surface area contributed by atoms with Crippen LogP contribution in [0.3, 0.4) is 0 Å². The minimum absolute atomic E-state index is 0.0434. The molecule has 0 fully saturated rings. The van der Waals surface area contributed by atoms with Gasteiger partial charge in [-0.25, -0.2) is 0 Å². The van der Waals surface area contributed by atoms with Crippen molar-refractivity contribution in [2.45, 2.75) is 31.6 Å². The molecule has 0 aliphatic rings. The third-order valence-electron chi connectivity index (χ3n) is 2.98. The standard InChI is InChI=1S/C14H17ClN4OS/c1-3-19-9-16-18-14(19)21-8-13(20)17-10(2)11-5-4-6-12(15)7-11/h4-7,9-10H,3,8H2,1-2H3,(H,17,20)/t10-/m1/s1. The Morgan fingerprint density at radius 3 is 3.05 bits per heavy atom. The molecule has 0 bridgehead atoms. The fourth-order valence-electron chi connectivity index (χ4n) is 1.85. The number of hydrogen-bond acceptors (Lipinski definition) is 4. The fraction of sp³-hybridized carbons (Fsp3) is 0.357. The van der Waals surface area contributed by atoms with E-state index in [0.29, 0.717) is 10.8 Å². The van der Waals surface area contributed by atoms with E-state index in [2.05, 4.69) is 15.5 Å². The lowest BCUT2D eigenvalue weighted by Crippen LogP contribution is -2.28. The van der Waals surface area contributed by atoms with Crippen LogP contribution in [0.25, 0.3) is 0 Å². The van der Waals surface area contributed by atoms with Crippen molar-refractivity contribution in [2.75, 3.05) is 5.75 Å². The molecule has 112 valence electrons.